The SMILES string of the molecule is CCC(C(=O)NCC(C)C)N(Cc1cccc(OC)c1)C(=O)CN(c1cccc(Cl)c1Cl)S(=O)(=O)c1ccc(C)cc1. The molecule has 1 N–H and O–H groups in total. The highest BCUT2D eigenvalue weighted by Gasteiger charge is 2.34. The number of hydrogen-bond acceptors (Lipinski definition) is 5. The number of nitrogens with zero attached hydrogens (tertiary/aromatic N) is 2. The van der Waals surface area contributed by atoms with Gasteiger partial charge >= 0.3 is 0 Å². The van der Waals surface area contributed by atoms with Crippen molar-refractivity contribution in [3.8, 4) is 5.75 Å². The lowest BCUT2D eigenvalue weighted by atomic mass is 10.1. The largest absolute Gasteiger partial charge is 0.497 e. The number of anilines is 1. The van der Waals surface area contributed by atoms with Crippen molar-refractivity contribution in [2.24, 2.45) is 5.92 Å². The predicted octanol–water partition coefficient (Wildman–Crippen LogP) is 6.09. The monoisotopic (exact) mass is 633 g/mol. The van der Waals surface area contributed by atoms with Crippen LogP contribution in [0.1, 0.15) is 38.3 Å². The van der Waals surface area contributed by atoms with Crippen LogP contribution >= 0.6 is 23.2 Å². The first kappa shape index (κ1) is 33.2. The average molecular weight is 635 g/mol. The first-order chi connectivity index (χ1) is 19.9. The summed E-state index contributed by atoms with van der Waals surface area (Å²) in [6, 6.07) is 17.2. The molecule has 0 aliphatic rings. The van der Waals surface area contributed by atoms with Gasteiger partial charge in [-0.25, -0.2) is 8.42 Å². The van der Waals surface area contributed by atoms with E-state index in [9.17, 15) is 18.0 Å². The molecular weight excluding hydrogens is 597 g/mol. The molecule has 0 radical (unpaired) electrons. The van der Waals surface area contributed by atoms with E-state index < -0.39 is 28.5 Å². The third-order valence-corrected chi connectivity index (χ3v) is 9.23. The molecule has 0 spiro atoms. The van der Waals surface area contributed by atoms with Gasteiger partial charge in [0, 0.05) is 13.1 Å². The van der Waals surface area contributed by atoms with Crippen LogP contribution in [0.3, 0.4) is 0 Å². The first-order valence-corrected chi connectivity index (χ1v) is 15.8. The predicted molar refractivity (Wildman–Crippen MR) is 168 cm³/mol. The van der Waals surface area contributed by atoms with E-state index in [1.807, 2.05) is 26.8 Å². The van der Waals surface area contributed by atoms with Crippen LogP contribution in [0.4, 0.5) is 5.69 Å². The van der Waals surface area contributed by atoms with Gasteiger partial charge in [0.25, 0.3) is 10.0 Å². The van der Waals surface area contributed by atoms with Crippen molar-refractivity contribution in [2.45, 2.75) is 51.6 Å². The Morgan fingerprint density at radius 3 is 2.29 bits per heavy atom. The van der Waals surface area contributed by atoms with E-state index in [2.05, 4.69) is 5.32 Å². The minimum Gasteiger partial charge on any atom is -0.497 e. The van der Waals surface area contributed by atoms with Crippen LogP contribution in [0.5, 0.6) is 5.75 Å². The molecule has 0 fully saturated rings. The van der Waals surface area contributed by atoms with Crippen LogP contribution < -0.4 is 14.4 Å². The van der Waals surface area contributed by atoms with Crippen LogP contribution in [0, 0.1) is 12.8 Å². The molecule has 1 unspecified atom stereocenters. The van der Waals surface area contributed by atoms with Crippen molar-refractivity contribution >= 4 is 50.7 Å². The summed E-state index contributed by atoms with van der Waals surface area (Å²) in [5.74, 6) is -0.118. The van der Waals surface area contributed by atoms with Gasteiger partial charge in [0.05, 0.1) is 27.7 Å². The molecule has 3 rings (SSSR count). The first-order valence-electron chi connectivity index (χ1n) is 13.6. The van der Waals surface area contributed by atoms with E-state index in [0.717, 1.165) is 9.87 Å². The zero-order valence-electron chi connectivity index (χ0n) is 24.4. The number of hydrogen-bond donors (Lipinski definition) is 1. The summed E-state index contributed by atoms with van der Waals surface area (Å²) in [6.45, 7) is 7.46. The van der Waals surface area contributed by atoms with Crippen LogP contribution in [0.15, 0.2) is 71.6 Å². The molecule has 0 bridgehead atoms. The van der Waals surface area contributed by atoms with E-state index in [-0.39, 0.29) is 39.0 Å². The summed E-state index contributed by atoms with van der Waals surface area (Å²) < 4.78 is 34.3. The Kier molecular flexibility index (Phi) is 11.7. The van der Waals surface area contributed by atoms with Gasteiger partial charge < -0.3 is 15.0 Å². The second kappa shape index (κ2) is 14.8. The Balaban J connectivity index is 2.10. The lowest BCUT2D eigenvalue weighted by molar-refractivity contribution is -0.140. The van der Waals surface area contributed by atoms with E-state index in [0.29, 0.717) is 24.3 Å². The van der Waals surface area contributed by atoms with Gasteiger partial charge in [-0.05, 0) is 61.2 Å². The Labute approximate surface area is 258 Å². The molecule has 226 valence electrons. The summed E-state index contributed by atoms with van der Waals surface area (Å²) in [5.41, 5.74) is 1.64. The van der Waals surface area contributed by atoms with Gasteiger partial charge in [0.15, 0.2) is 0 Å². The molecule has 0 heterocycles. The molecule has 0 saturated carbocycles. The van der Waals surface area contributed by atoms with Gasteiger partial charge in [-0.3, -0.25) is 13.9 Å². The Morgan fingerprint density at radius 1 is 1.00 bits per heavy atom. The third kappa shape index (κ3) is 8.18. The molecule has 2 amide bonds. The van der Waals surface area contributed by atoms with E-state index in [1.54, 1.807) is 50.4 Å². The Morgan fingerprint density at radius 2 is 1.67 bits per heavy atom. The normalized spacial score (nSPS) is 12.1. The lowest BCUT2D eigenvalue weighted by Gasteiger charge is -2.33. The number of amides is 2. The maximum absolute atomic E-state index is 14.2. The number of halogens is 2. The molecule has 42 heavy (non-hydrogen) atoms. The quantitative estimate of drug-likeness (QED) is 0.246. The molecule has 3 aromatic carbocycles. The highest BCUT2D eigenvalue weighted by atomic mass is 35.5. The average Bonchev–Trinajstić information content (AvgIpc) is 2.96. The molecule has 11 heteroatoms. The van der Waals surface area contributed by atoms with Gasteiger partial charge in [-0.1, -0.05) is 79.9 Å². The number of ether oxygens (including phenoxy) is 1. The Bertz CT molecular complexity index is 1500. The van der Waals surface area contributed by atoms with Gasteiger partial charge in [0.1, 0.15) is 18.3 Å². The smallest absolute Gasteiger partial charge is 0.264 e. The summed E-state index contributed by atoms with van der Waals surface area (Å²) in [6.07, 6.45) is 0.308. The number of nitrogens with one attached hydrogen (secondary N) is 1. The highest BCUT2D eigenvalue weighted by Crippen LogP contribution is 2.35. The molecule has 8 nitrogen and oxygen atoms in total. The summed E-state index contributed by atoms with van der Waals surface area (Å²) in [4.78, 5) is 28.9. The summed E-state index contributed by atoms with van der Waals surface area (Å²) in [5, 5.41) is 3.04. The summed E-state index contributed by atoms with van der Waals surface area (Å²) >= 11 is 12.8. The van der Waals surface area contributed by atoms with E-state index >= 15 is 0 Å². The fourth-order valence-corrected chi connectivity index (χ4v) is 6.22. The van der Waals surface area contributed by atoms with Crippen molar-refractivity contribution in [1.82, 2.24) is 10.2 Å². The molecule has 0 aliphatic carbocycles. The third-order valence-electron chi connectivity index (χ3n) is 6.65. The number of methoxy groups -OCH3 is 1. The number of aryl methyl sites for hydroxylation is 1. The molecule has 3 aromatic rings. The maximum atomic E-state index is 14.2. The molecule has 1 atom stereocenters. The van der Waals surface area contributed by atoms with Crippen LogP contribution in [-0.4, -0.2) is 51.4 Å². The molecule has 0 saturated heterocycles. The van der Waals surface area contributed by atoms with Crippen molar-refractivity contribution in [2.75, 3.05) is 24.5 Å². The highest BCUT2D eigenvalue weighted by molar-refractivity contribution is 7.92. The molecule has 0 aromatic heterocycles. The minimum atomic E-state index is -4.27. The van der Waals surface area contributed by atoms with Gasteiger partial charge in [0.2, 0.25) is 11.8 Å². The van der Waals surface area contributed by atoms with Crippen molar-refractivity contribution in [1.29, 1.82) is 0 Å². The zero-order chi connectivity index (χ0) is 31.0. The number of sulfonamides is 1. The number of carbonyl (C=O) groups is 2. The van der Waals surface area contributed by atoms with Crippen molar-refractivity contribution < 1.29 is 22.7 Å². The van der Waals surface area contributed by atoms with Crippen molar-refractivity contribution in [3.05, 3.63) is 87.9 Å². The van der Waals surface area contributed by atoms with Gasteiger partial charge in [-0.2, -0.15) is 0 Å². The number of benzene rings is 3. The van der Waals surface area contributed by atoms with Gasteiger partial charge in [-0.15, -0.1) is 0 Å². The molecule has 0 aliphatic heterocycles. The van der Waals surface area contributed by atoms with Crippen LogP contribution in [-0.2, 0) is 26.2 Å². The summed E-state index contributed by atoms with van der Waals surface area (Å²) in [7, 11) is -2.73. The van der Waals surface area contributed by atoms with Crippen LogP contribution in [0.2, 0.25) is 10.0 Å². The number of carbonyl (C=O) groups excluding carboxylic acids is 2. The lowest BCUT2D eigenvalue weighted by Crippen LogP contribution is -2.52. The Hall–Kier alpha value is -3.27. The maximum Gasteiger partial charge on any atom is 0.264 e. The molecular formula is C31H37Cl2N3O5S. The fraction of sp³-hybridized carbons (Fsp3) is 0.355. The van der Waals surface area contributed by atoms with Crippen LogP contribution in [0.25, 0.3) is 0 Å². The zero-order valence-corrected chi connectivity index (χ0v) is 26.8. The minimum absolute atomic E-state index is 0.0104. The van der Waals surface area contributed by atoms with E-state index in [1.165, 1.54) is 29.2 Å². The number of rotatable bonds is 13. The standard InChI is InChI=1S/C31H37Cl2N3O5S/c1-6-27(31(38)34-18-21(2)3)35(19-23-9-7-10-24(17-23)41-5)29(37)20-36(28-12-8-11-26(32)30(28)33)42(39,40)25-15-13-22(4)14-16-25/h7-17,21,27H,6,18-20H2,1-5H3,(H,34,38). The second-order valence-corrected chi connectivity index (χ2v) is 13.0. The fourth-order valence-electron chi connectivity index (χ4n) is 4.35. The van der Waals surface area contributed by atoms with E-state index in [4.69, 9.17) is 27.9 Å². The topological polar surface area (TPSA) is 96.0 Å². The second-order valence-electron chi connectivity index (χ2n) is 10.3. The van der Waals surface area contributed by atoms with Crippen molar-refractivity contribution in [3.63, 3.8) is 0 Å².